The molecule has 9 nitrogen and oxygen atoms in total. The number of anilines is 2. The Kier molecular flexibility index (Phi) is 10.4. The van der Waals surface area contributed by atoms with Crippen LogP contribution in [-0.4, -0.2) is 58.3 Å². The van der Waals surface area contributed by atoms with Crippen molar-refractivity contribution < 1.29 is 29.3 Å². The fourth-order valence-corrected chi connectivity index (χ4v) is 4.72. The van der Waals surface area contributed by atoms with Gasteiger partial charge < -0.3 is 31.3 Å². The quantitative estimate of drug-likeness (QED) is 0.201. The molecule has 0 heterocycles. The SMILES string of the molecule is Nc1cc(NC(=O)CSCCCOC2CCCC2)cc(C(=O)NC(Cc2ccc(O)cc2)C(=O)O)c1. The second-order valence-electron chi connectivity index (χ2n) is 8.81. The minimum absolute atomic E-state index is 0.0379. The van der Waals surface area contributed by atoms with Crippen LogP contribution in [0.25, 0.3) is 0 Å². The molecule has 0 spiro atoms. The van der Waals surface area contributed by atoms with Crippen molar-refractivity contribution in [3.63, 3.8) is 0 Å². The number of hydrogen-bond donors (Lipinski definition) is 5. The molecule has 6 N–H and O–H groups in total. The number of rotatable bonds is 13. The van der Waals surface area contributed by atoms with Gasteiger partial charge in [0.15, 0.2) is 0 Å². The summed E-state index contributed by atoms with van der Waals surface area (Å²) in [7, 11) is 0. The number of phenols is 1. The zero-order chi connectivity index (χ0) is 25.9. The third kappa shape index (κ3) is 9.09. The van der Waals surface area contributed by atoms with Crippen LogP contribution in [0.1, 0.15) is 48.0 Å². The molecule has 1 saturated carbocycles. The Morgan fingerprint density at radius 3 is 2.53 bits per heavy atom. The molecule has 1 fully saturated rings. The number of nitrogens with two attached hydrogens (primary N) is 1. The summed E-state index contributed by atoms with van der Waals surface area (Å²) in [5, 5.41) is 24.2. The van der Waals surface area contributed by atoms with E-state index < -0.39 is 17.9 Å². The number of amides is 2. The minimum Gasteiger partial charge on any atom is -0.508 e. The predicted octanol–water partition coefficient (Wildman–Crippen LogP) is 3.42. The summed E-state index contributed by atoms with van der Waals surface area (Å²) in [5.41, 5.74) is 7.32. The number of hydrogen-bond acceptors (Lipinski definition) is 7. The molecule has 2 amide bonds. The van der Waals surface area contributed by atoms with Crippen molar-refractivity contribution >= 4 is 40.9 Å². The summed E-state index contributed by atoms with van der Waals surface area (Å²) in [6, 6.07) is 9.32. The number of phenolic OH excluding ortho intramolecular Hbond substituents is 1. The van der Waals surface area contributed by atoms with Gasteiger partial charge in [-0.05, 0) is 60.9 Å². The zero-order valence-corrected chi connectivity index (χ0v) is 20.9. The molecule has 0 aliphatic heterocycles. The Labute approximate surface area is 214 Å². The van der Waals surface area contributed by atoms with Crippen molar-refractivity contribution in [3.8, 4) is 5.75 Å². The number of benzene rings is 2. The molecule has 1 aliphatic carbocycles. The Morgan fingerprint density at radius 2 is 1.83 bits per heavy atom. The van der Waals surface area contributed by atoms with E-state index in [1.807, 2.05) is 0 Å². The van der Waals surface area contributed by atoms with Gasteiger partial charge in [0.25, 0.3) is 5.91 Å². The first-order valence-corrected chi connectivity index (χ1v) is 13.2. The first-order valence-electron chi connectivity index (χ1n) is 12.0. The molecular formula is C26H33N3O6S. The van der Waals surface area contributed by atoms with E-state index in [0.29, 0.717) is 24.0 Å². The highest BCUT2D eigenvalue weighted by Crippen LogP contribution is 2.21. The zero-order valence-electron chi connectivity index (χ0n) is 20.1. The molecule has 1 atom stereocenters. The largest absolute Gasteiger partial charge is 0.508 e. The van der Waals surface area contributed by atoms with E-state index in [1.54, 1.807) is 18.2 Å². The van der Waals surface area contributed by atoms with E-state index in [9.17, 15) is 24.6 Å². The molecule has 2 aromatic carbocycles. The minimum atomic E-state index is -1.19. The Morgan fingerprint density at radius 1 is 1.11 bits per heavy atom. The van der Waals surface area contributed by atoms with E-state index >= 15 is 0 Å². The van der Waals surface area contributed by atoms with E-state index in [4.69, 9.17) is 10.5 Å². The number of carboxylic acid groups (broad SMARTS) is 1. The lowest BCUT2D eigenvalue weighted by atomic mass is 10.0. The first kappa shape index (κ1) is 27.3. The van der Waals surface area contributed by atoms with Crippen LogP contribution in [0.5, 0.6) is 5.75 Å². The molecule has 194 valence electrons. The summed E-state index contributed by atoms with van der Waals surface area (Å²) < 4.78 is 5.82. The second kappa shape index (κ2) is 13.7. The van der Waals surface area contributed by atoms with Gasteiger partial charge in [-0.15, -0.1) is 0 Å². The Hall–Kier alpha value is -3.24. The summed E-state index contributed by atoms with van der Waals surface area (Å²) in [6.07, 6.45) is 6.09. The normalized spacial score (nSPS) is 14.3. The van der Waals surface area contributed by atoms with E-state index in [2.05, 4.69) is 10.6 Å². The third-order valence-electron chi connectivity index (χ3n) is 5.80. The van der Waals surface area contributed by atoms with Crippen LogP contribution in [0.15, 0.2) is 42.5 Å². The van der Waals surface area contributed by atoms with Gasteiger partial charge in [-0.25, -0.2) is 4.79 Å². The van der Waals surface area contributed by atoms with Crippen molar-refractivity contribution in [1.82, 2.24) is 5.32 Å². The third-order valence-corrected chi connectivity index (χ3v) is 6.85. The number of ether oxygens (including phenoxy) is 1. The maximum absolute atomic E-state index is 12.8. The number of nitrogen functional groups attached to an aromatic ring is 1. The summed E-state index contributed by atoms with van der Waals surface area (Å²) in [5.74, 6) is -0.907. The standard InChI is InChI=1S/C26H33N3O6S/c27-19-13-18(25(32)29-23(26(33)34)12-17-6-8-21(30)9-7-17)14-20(15-19)28-24(31)16-36-11-3-10-35-22-4-1-2-5-22/h6-9,13-15,22-23,30H,1-5,10-12,16,27H2,(H,28,31)(H,29,32)(H,33,34). The maximum Gasteiger partial charge on any atom is 0.326 e. The number of thioether (sulfide) groups is 1. The van der Waals surface area contributed by atoms with Gasteiger partial charge in [-0.3, -0.25) is 9.59 Å². The van der Waals surface area contributed by atoms with Crippen molar-refractivity contribution in [2.45, 2.75) is 50.7 Å². The van der Waals surface area contributed by atoms with Gasteiger partial charge in [-0.1, -0.05) is 25.0 Å². The van der Waals surface area contributed by atoms with Crippen molar-refractivity contribution in [2.24, 2.45) is 0 Å². The van der Waals surface area contributed by atoms with Gasteiger partial charge in [-0.2, -0.15) is 11.8 Å². The van der Waals surface area contributed by atoms with Crippen LogP contribution in [0.4, 0.5) is 11.4 Å². The maximum atomic E-state index is 12.8. The average molecular weight is 516 g/mol. The van der Waals surface area contributed by atoms with Crippen molar-refractivity contribution in [1.29, 1.82) is 0 Å². The molecule has 0 saturated heterocycles. The van der Waals surface area contributed by atoms with Crippen molar-refractivity contribution in [3.05, 3.63) is 53.6 Å². The lowest BCUT2D eigenvalue weighted by Crippen LogP contribution is -2.42. The highest BCUT2D eigenvalue weighted by atomic mass is 32.2. The highest BCUT2D eigenvalue weighted by molar-refractivity contribution is 7.99. The highest BCUT2D eigenvalue weighted by Gasteiger charge is 2.22. The molecule has 36 heavy (non-hydrogen) atoms. The molecule has 2 aromatic rings. The fourth-order valence-electron chi connectivity index (χ4n) is 3.99. The monoisotopic (exact) mass is 515 g/mol. The van der Waals surface area contributed by atoms with E-state index in [-0.39, 0.29) is 35.1 Å². The van der Waals surface area contributed by atoms with Gasteiger partial charge >= 0.3 is 5.97 Å². The topological polar surface area (TPSA) is 151 Å². The number of aromatic hydroxyl groups is 1. The first-order chi connectivity index (χ1) is 17.3. The number of nitrogens with one attached hydrogen (secondary N) is 2. The van der Waals surface area contributed by atoms with Crippen LogP contribution in [0, 0.1) is 0 Å². The molecule has 10 heteroatoms. The van der Waals surface area contributed by atoms with Crippen LogP contribution in [-0.2, 0) is 20.7 Å². The van der Waals surface area contributed by atoms with Gasteiger partial charge in [0.05, 0.1) is 11.9 Å². The van der Waals surface area contributed by atoms with Gasteiger partial charge in [0.1, 0.15) is 11.8 Å². The molecule has 0 bridgehead atoms. The summed E-state index contributed by atoms with van der Waals surface area (Å²) >= 11 is 1.51. The van der Waals surface area contributed by atoms with Crippen LogP contribution in [0.2, 0.25) is 0 Å². The molecule has 0 aromatic heterocycles. The van der Waals surface area contributed by atoms with E-state index in [0.717, 1.165) is 25.0 Å². The Balaban J connectivity index is 1.48. The molecule has 0 radical (unpaired) electrons. The molecular weight excluding hydrogens is 482 g/mol. The predicted molar refractivity (Wildman–Crippen MR) is 140 cm³/mol. The van der Waals surface area contributed by atoms with Gasteiger partial charge in [0, 0.05) is 30.0 Å². The molecule has 1 unspecified atom stereocenters. The van der Waals surface area contributed by atoms with Crippen LogP contribution < -0.4 is 16.4 Å². The lowest BCUT2D eigenvalue weighted by molar-refractivity contribution is -0.139. The van der Waals surface area contributed by atoms with Crippen LogP contribution >= 0.6 is 11.8 Å². The van der Waals surface area contributed by atoms with Gasteiger partial charge in [0.2, 0.25) is 5.91 Å². The number of carbonyl (C=O) groups excluding carboxylic acids is 2. The number of carboxylic acids is 1. The van der Waals surface area contributed by atoms with Crippen LogP contribution in [0.3, 0.4) is 0 Å². The smallest absolute Gasteiger partial charge is 0.326 e. The number of aliphatic carboxylic acids is 1. The van der Waals surface area contributed by atoms with E-state index in [1.165, 1.54) is 48.9 Å². The average Bonchev–Trinajstić information content (AvgIpc) is 3.35. The molecule has 3 rings (SSSR count). The summed E-state index contributed by atoms with van der Waals surface area (Å²) in [6.45, 7) is 0.705. The fraction of sp³-hybridized carbons (Fsp3) is 0.423. The Bertz CT molecular complexity index is 1040. The van der Waals surface area contributed by atoms with Crippen molar-refractivity contribution in [2.75, 3.05) is 29.2 Å². The summed E-state index contributed by atoms with van der Waals surface area (Å²) in [4.78, 5) is 36.8. The molecule has 1 aliphatic rings. The second-order valence-corrected chi connectivity index (χ2v) is 9.92. The lowest BCUT2D eigenvalue weighted by Gasteiger charge is -2.16. The number of carbonyl (C=O) groups is 3.